The van der Waals surface area contributed by atoms with E-state index >= 15 is 0 Å². The second-order valence-corrected chi connectivity index (χ2v) is 8.83. The van der Waals surface area contributed by atoms with Crippen molar-refractivity contribution in [3.63, 3.8) is 0 Å². The Morgan fingerprint density at radius 1 is 1.23 bits per heavy atom. The van der Waals surface area contributed by atoms with Gasteiger partial charge in [0.15, 0.2) is 5.78 Å². The minimum absolute atomic E-state index is 0.0420. The van der Waals surface area contributed by atoms with Crippen LogP contribution in [0.4, 0.5) is 11.4 Å². The van der Waals surface area contributed by atoms with E-state index in [9.17, 15) is 18.0 Å². The third-order valence-corrected chi connectivity index (χ3v) is 6.79. The molecule has 6 nitrogen and oxygen atoms in total. The van der Waals surface area contributed by atoms with E-state index in [4.69, 9.17) is 0 Å². The average molecular weight is 390 g/mol. The molecule has 1 aliphatic rings. The summed E-state index contributed by atoms with van der Waals surface area (Å²) >= 11 is 1.43. The Morgan fingerprint density at radius 3 is 2.69 bits per heavy atom. The molecule has 2 aromatic rings. The molecule has 8 heteroatoms. The monoisotopic (exact) mass is 390 g/mol. The number of Topliss-reactive ketones (excluding diaryl/α,β-unsaturated/α-hetero) is 1. The number of benzene rings is 2. The first-order valence-corrected chi connectivity index (χ1v) is 10.4. The molecule has 26 heavy (non-hydrogen) atoms. The maximum Gasteiger partial charge on any atom is 0.261 e. The van der Waals surface area contributed by atoms with Crippen LogP contribution in [0.5, 0.6) is 0 Å². The Labute approximate surface area is 156 Å². The van der Waals surface area contributed by atoms with E-state index in [1.165, 1.54) is 36.9 Å². The van der Waals surface area contributed by atoms with Crippen LogP contribution in [0.2, 0.25) is 0 Å². The van der Waals surface area contributed by atoms with Gasteiger partial charge in [-0.2, -0.15) is 0 Å². The van der Waals surface area contributed by atoms with Gasteiger partial charge in [-0.1, -0.05) is 19.1 Å². The van der Waals surface area contributed by atoms with E-state index in [-0.39, 0.29) is 21.8 Å². The SMILES string of the molecule is CC[C@H]1Sc2ccc(S(=O)(=O)Nc3cccc(C(C)=O)c3)cc2NC1=O. The Hall–Kier alpha value is -2.32. The van der Waals surface area contributed by atoms with E-state index in [2.05, 4.69) is 10.0 Å². The zero-order chi connectivity index (χ0) is 18.9. The van der Waals surface area contributed by atoms with Gasteiger partial charge in [0, 0.05) is 16.1 Å². The van der Waals surface area contributed by atoms with Crippen LogP contribution in [0.15, 0.2) is 52.3 Å². The van der Waals surface area contributed by atoms with Crippen LogP contribution in [-0.2, 0) is 14.8 Å². The highest BCUT2D eigenvalue weighted by Gasteiger charge is 2.27. The number of carbonyl (C=O) groups excluding carboxylic acids is 2. The van der Waals surface area contributed by atoms with Gasteiger partial charge in [-0.25, -0.2) is 8.42 Å². The molecule has 1 atom stereocenters. The van der Waals surface area contributed by atoms with Crippen molar-refractivity contribution in [2.24, 2.45) is 0 Å². The van der Waals surface area contributed by atoms with Gasteiger partial charge in [-0.15, -0.1) is 11.8 Å². The van der Waals surface area contributed by atoms with Gasteiger partial charge in [0.2, 0.25) is 5.91 Å². The maximum atomic E-state index is 12.7. The number of nitrogens with one attached hydrogen (secondary N) is 2. The largest absolute Gasteiger partial charge is 0.324 e. The summed E-state index contributed by atoms with van der Waals surface area (Å²) in [4.78, 5) is 24.4. The molecule has 1 aliphatic heterocycles. The lowest BCUT2D eigenvalue weighted by molar-refractivity contribution is -0.115. The summed E-state index contributed by atoms with van der Waals surface area (Å²) in [5.74, 6) is -0.272. The lowest BCUT2D eigenvalue weighted by Crippen LogP contribution is -2.28. The van der Waals surface area contributed by atoms with Crippen molar-refractivity contribution < 1.29 is 18.0 Å². The first-order valence-electron chi connectivity index (χ1n) is 8.05. The molecule has 3 rings (SSSR count). The van der Waals surface area contributed by atoms with Crippen molar-refractivity contribution >= 4 is 44.9 Å². The van der Waals surface area contributed by atoms with Crippen LogP contribution in [0.25, 0.3) is 0 Å². The summed E-state index contributed by atoms with van der Waals surface area (Å²) in [6.45, 7) is 3.35. The molecule has 0 spiro atoms. The number of thioether (sulfide) groups is 1. The zero-order valence-corrected chi connectivity index (χ0v) is 15.9. The first-order chi connectivity index (χ1) is 12.3. The molecule has 0 bridgehead atoms. The fraction of sp³-hybridized carbons (Fsp3) is 0.222. The van der Waals surface area contributed by atoms with E-state index in [0.29, 0.717) is 23.4 Å². The summed E-state index contributed by atoms with van der Waals surface area (Å²) in [6, 6.07) is 11.0. The van der Waals surface area contributed by atoms with Crippen molar-refractivity contribution in [2.45, 2.75) is 35.3 Å². The van der Waals surface area contributed by atoms with Crippen molar-refractivity contribution in [2.75, 3.05) is 10.0 Å². The first kappa shape index (κ1) is 18.5. The van der Waals surface area contributed by atoms with Gasteiger partial charge < -0.3 is 5.32 Å². The highest BCUT2D eigenvalue weighted by Crippen LogP contribution is 2.38. The molecular weight excluding hydrogens is 372 g/mol. The lowest BCUT2D eigenvalue weighted by Gasteiger charge is -2.23. The number of hydrogen-bond acceptors (Lipinski definition) is 5. The van der Waals surface area contributed by atoms with Crippen molar-refractivity contribution in [3.8, 4) is 0 Å². The number of fused-ring (bicyclic) bond motifs is 1. The maximum absolute atomic E-state index is 12.7. The molecule has 0 saturated carbocycles. The number of carbonyl (C=O) groups is 2. The summed E-state index contributed by atoms with van der Waals surface area (Å²) in [5, 5.41) is 2.60. The number of hydrogen-bond donors (Lipinski definition) is 2. The molecule has 0 unspecified atom stereocenters. The summed E-state index contributed by atoms with van der Waals surface area (Å²) < 4.78 is 27.8. The standard InChI is InChI=1S/C18H18N2O4S2/c1-3-16-18(22)19-15-10-14(7-8-17(15)25-16)26(23,24)20-13-6-4-5-12(9-13)11(2)21/h4-10,16,20H,3H2,1-2H3,(H,19,22)/t16-/m1/s1. The summed E-state index contributed by atoms with van der Waals surface area (Å²) in [6.07, 6.45) is 0.698. The highest BCUT2D eigenvalue weighted by atomic mass is 32.2. The summed E-state index contributed by atoms with van der Waals surface area (Å²) in [5.41, 5.74) is 1.22. The number of ketones is 1. The van der Waals surface area contributed by atoms with Gasteiger partial charge in [0.05, 0.1) is 15.8 Å². The van der Waals surface area contributed by atoms with Gasteiger partial charge in [0.25, 0.3) is 10.0 Å². The quantitative estimate of drug-likeness (QED) is 0.762. The molecule has 2 aromatic carbocycles. The molecule has 0 saturated heterocycles. The highest BCUT2D eigenvalue weighted by molar-refractivity contribution is 8.01. The van der Waals surface area contributed by atoms with Gasteiger partial charge >= 0.3 is 0 Å². The Balaban J connectivity index is 1.89. The average Bonchev–Trinajstić information content (AvgIpc) is 2.60. The van der Waals surface area contributed by atoms with E-state index < -0.39 is 10.0 Å². The minimum Gasteiger partial charge on any atom is -0.324 e. The lowest BCUT2D eigenvalue weighted by atomic mass is 10.1. The molecule has 136 valence electrons. The van der Waals surface area contributed by atoms with Crippen LogP contribution < -0.4 is 10.0 Å². The molecule has 0 aromatic heterocycles. The van der Waals surface area contributed by atoms with Gasteiger partial charge in [-0.05, 0) is 43.7 Å². The predicted octanol–water partition coefficient (Wildman–Crippen LogP) is 3.51. The van der Waals surface area contributed by atoms with Crippen LogP contribution in [0.3, 0.4) is 0 Å². The Morgan fingerprint density at radius 2 is 2.00 bits per heavy atom. The van der Waals surface area contributed by atoms with Crippen molar-refractivity contribution in [3.05, 3.63) is 48.0 Å². The van der Waals surface area contributed by atoms with E-state index in [1.54, 1.807) is 24.3 Å². The van der Waals surface area contributed by atoms with Crippen molar-refractivity contribution in [1.29, 1.82) is 0 Å². The number of rotatable bonds is 5. The van der Waals surface area contributed by atoms with Crippen LogP contribution in [0, 0.1) is 0 Å². The third-order valence-electron chi connectivity index (χ3n) is 3.97. The second-order valence-electron chi connectivity index (χ2n) is 5.90. The van der Waals surface area contributed by atoms with Crippen LogP contribution in [-0.4, -0.2) is 25.4 Å². The van der Waals surface area contributed by atoms with Crippen LogP contribution >= 0.6 is 11.8 Å². The molecule has 2 N–H and O–H groups in total. The second kappa shape index (κ2) is 7.13. The minimum atomic E-state index is -3.85. The van der Waals surface area contributed by atoms with E-state index in [1.807, 2.05) is 6.92 Å². The molecule has 0 fully saturated rings. The Kier molecular flexibility index (Phi) is 5.06. The van der Waals surface area contributed by atoms with Crippen molar-refractivity contribution in [1.82, 2.24) is 0 Å². The predicted molar refractivity (Wildman–Crippen MR) is 102 cm³/mol. The molecule has 0 radical (unpaired) electrons. The van der Waals surface area contributed by atoms with E-state index in [0.717, 1.165) is 4.90 Å². The smallest absolute Gasteiger partial charge is 0.261 e. The zero-order valence-electron chi connectivity index (χ0n) is 14.3. The Bertz CT molecular complexity index is 986. The summed E-state index contributed by atoms with van der Waals surface area (Å²) in [7, 11) is -3.85. The number of sulfonamides is 1. The van der Waals surface area contributed by atoms with Gasteiger partial charge in [-0.3, -0.25) is 14.3 Å². The van der Waals surface area contributed by atoms with Crippen LogP contribution in [0.1, 0.15) is 30.6 Å². The topological polar surface area (TPSA) is 92.3 Å². The number of amides is 1. The van der Waals surface area contributed by atoms with Gasteiger partial charge in [0.1, 0.15) is 0 Å². The third kappa shape index (κ3) is 3.76. The number of anilines is 2. The fourth-order valence-electron chi connectivity index (χ4n) is 2.58. The molecule has 0 aliphatic carbocycles. The molecular formula is C18H18N2O4S2. The normalized spacial score (nSPS) is 16.5. The molecule has 1 heterocycles. The fourth-order valence-corrected chi connectivity index (χ4v) is 4.68. The molecule has 1 amide bonds.